The Hall–Kier alpha value is -8.24. The monoisotopic (exact) mass is 864 g/mol. The fraction of sp³-hybridized carbons (Fsp3) is 0.127. The minimum atomic E-state index is -0.491. The van der Waals surface area contributed by atoms with Crippen molar-refractivity contribution in [1.29, 1.82) is 0 Å². The number of ether oxygens (including phenoxy) is 4. The predicted octanol–water partition coefficient (Wildman–Crippen LogP) is 11.8. The van der Waals surface area contributed by atoms with Crippen LogP contribution in [0.2, 0.25) is 0 Å². The molecule has 0 heterocycles. The van der Waals surface area contributed by atoms with Crippen LogP contribution in [0.15, 0.2) is 184 Å². The maximum Gasteiger partial charge on any atom is 0.330 e. The molecule has 0 aliphatic heterocycles. The van der Waals surface area contributed by atoms with Crippen molar-refractivity contribution in [3.05, 3.63) is 217 Å². The molecule has 0 saturated carbocycles. The maximum atomic E-state index is 11.8. The zero-order chi connectivity index (χ0) is 46.1. The molecule has 65 heavy (non-hydrogen) atoms. The second-order valence-electron chi connectivity index (χ2n) is 15.7. The van der Waals surface area contributed by atoms with Crippen molar-refractivity contribution in [3.63, 3.8) is 0 Å². The van der Waals surface area contributed by atoms with Crippen molar-refractivity contribution in [2.75, 3.05) is 9.80 Å². The van der Waals surface area contributed by atoms with Gasteiger partial charge in [-0.2, -0.15) is 0 Å². The lowest BCUT2D eigenvalue weighted by Gasteiger charge is -2.29. The van der Waals surface area contributed by atoms with Gasteiger partial charge in [0.2, 0.25) is 0 Å². The fourth-order valence-corrected chi connectivity index (χ4v) is 7.70. The molecule has 6 aromatic carbocycles. The van der Waals surface area contributed by atoms with Crippen LogP contribution in [-0.2, 0) is 70.0 Å². The van der Waals surface area contributed by atoms with Gasteiger partial charge in [0.05, 0.1) is 0 Å². The quantitative estimate of drug-likeness (QED) is 0.0470. The summed E-state index contributed by atoms with van der Waals surface area (Å²) < 4.78 is 21.1. The van der Waals surface area contributed by atoms with Crippen molar-refractivity contribution in [2.45, 2.75) is 45.7 Å². The second kappa shape index (κ2) is 19.9. The van der Waals surface area contributed by atoms with Crippen molar-refractivity contribution in [3.8, 4) is 11.1 Å². The Bertz CT molecular complexity index is 2450. The summed E-state index contributed by atoms with van der Waals surface area (Å²) in [6, 6.07) is 44.4. The first-order valence-corrected chi connectivity index (χ1v) is 20.8. The van der Waals surface area contributed by atoms with Gasteiger partial charge < -0.3 is 28.7 Å². The molecule has 6 aromatic rings. The Kier molecular flexibility index (Phi) is 13.7. The lowest BCUT2D eigenvalue weighted by atomic mass is 9.82. The topological polar surface area (TPSA) is 112 Å². The van der Waals surface area contributed by atoms with E-state index in [0.717, 1.165) is 103 Å². The summed E-state index contributed by atoms with van der Waals surface area (Å²) in [7, 11) is 0. The molecule has 1 aliphatic carbocycles. The summed E-state index contributed by atoms with van der Waals surface area (Å²) in [6.45, 7) is 18.9. The summed E-state index contributed by atoms with van der Waals surface area (Å²) in [6.07, 6.45) is 4.57. The highest BCUT2D eigenvalue weighted by atomic mass is 16.5. The SMILES string of the molecule is C=CC(=O)OCc1ccc(N(c2ccc(COC(=O)C=C)cc2)c2ccc3c(c2)C(C)(C)c2cc(N(c4ccc(COC(=O)C=C)cc4)c4ccc(COC(=O)C=C)cc4)ccc2-3)cc1. The van der Waals surface area contributed by atoms with Gasteiger partial charge in [0.1, 0.15) is 26.4 Å². The van der Waals surface area contributed by atoms with Crippen molar-refractivity contribution in [2.24, 2.45) is 0 Å². The molecule has 0 saturated heterocycles. The molecule has 0 fully saturated rings. The van der Waals surface area contributed by atoms with E-state index >= 15 is 0 Å². The van der Waals surface area contributed by atoms with Crippen molar-refractivity contribution >= 4 is 58.0 Å². The molecule has 0 radical (unpaired) electrons. The summed E-state index contributed by atoms with van der Waals surface area (Å²) in [4.78, 5) is 51.4. The van der Waals surface area contributed by atoms with Crippen LogP contribution in [0.1, 0.15) is 47.2 Å². The zero-order valence-corrected chi connectivity index (χ0v) is 36.3. The Balaban J connectivity index is 1.25. The lowest BCUT2D eigenvalue weighted by molar-refractivity contribution is -0.139. The fourth-order valence-electron chi connectivity index (χ4n) is 7.70. The average Bonchev–Trinajstić information content (AvgIpc) is 3.56. The minimum absolute atomic E-state index is 0.116. The molecule has 0 N–H and O–H groups in total. The van der Waals surface area contributed by atoms with Gasteiger partial charge in [0, 0.05) is 63.8 Å². The largest absolute Gasteiger partial charge is 0.458 e. The molecule has 10 nitrogen and oxygen atoms in total. The first-order valence-electron chi connectivity index (χ1n) is 20.8. The lowest BCUT2D eigenvalue weighted by Crippen LogP contribution is -2.17. The smallest absolute Gasteiger partial charge is 0.330 e. The Morgan fingerprint density at radius 2 is 0.631 bits per heavy atom. The standard InChI is InChI=1S/C55H48N2O8/c1-7-51(58)62-33-37-11-19-41(20-12-37)56(42-21-13-38(14-22-42)34-63-52(59)8-2)45-27-29-47-48-30-28-46(32-50(48)55(5,6)49(47)31-45)57(43-23-15-39(16-24-43)35-64-53(60)9-3)44-25-17-40(18-26-44)36-65-54(61)10-4/h7-32H,1-4,33-36H2,5-6H3. The molecule has 7 rings (SSSR count). The molecule has 10 heteroatoms. The number of benzene rings is 6. The maximum absolute atomic E-state index is 11.8. The summed E-state index contributed by atoms with van der Waals surface area (Å²) >= 11 is 0. The van der Waals surface area contributed by atoms with Crippen molar-refractivity contribution in [1.82, 2.24) is 0 Å². The van der Waals surface area contributed by atoms with Crippen LogP contribution in [0.25, 0.3) is 11.1 Å². The Morgan fingerprint density at radius 3 is 0.862 bits per heavy atom. The number of anilines is 6. The number of rotatable bonds is 18. The molecular formula is C55H48N2O8. The van der Waals surface area contributed by atoms with Crippen molar-refractivity contribution < 1.29 is 38.1 Å². The first kappa shape index (κ1) is 44.8. The van der Waals surface area contributed by atoms with E-state index in [1.165, 1.54) is 0 Å². The molecule has 0 unspecified atom stereocenters. The molecule has 326 valence electrons. The van der Waals surface area contributed by atoms with Gasteiger partial charge in [-0.1, -0.05) is 101 Å². The van der Waals surface area contributed by atoms with E-state index in [0.29, 0.717) is 0 Å². The van der Waals surface area contributed by atoms with E-state index < -0.39 is 29.3 Å². The summed E-state index contributed by atoms with van der Waals surface area (Å²) in [5, 5.41) is 0. The van der Waals surface area contributed by atoms with Crippen LogP contribution in [0.4, 0.5) is 34.1 Å². The Labute approximate surface area is 379 Å². The highest BCUT2D eigenvalue weighted by Gasteiger charge is 2.37. The summed E-state index contributed by atoms with van der Waals surface area (Å²) in [5.74, 6) is -1.96. The van der Waals surface area contributed by atoms with E-state index in [-0.39, 0.29) is 26.4 Å². The minimum Gasteiger partial charge on any atom is -0.458 e. The molecule has 0 bridgehead atoms. The predicted molar refractivity (Wildman–Crippen MR) is 253 cm³/mol. The van der Waals surface area contributed by atoms with Crippen LogP contribution in [0.5, 0.6) is 0 Å². The second-order valence-corrected chi connectivity index (χ2v) is 15.7. The molecule has 0 amide bonds. The van der Waals surface area contributed by atoms with Crippen LogP contribution < -0.4 is 9.80 Å². The van der Waals surface area contributed by atoms with Gasteiger partial charge in [-0.3, -0.25) is 0 Å². The van der Waals surface area contributed by atoms with E-state index in [1.54, 1.807) is 0 Å². The highest BCUT2D eigenvalue weighted by Crippen LogP contribution is 2.52. The number of hydrogen-bond acceptors (Lipinski definition) is 10. The van der Waals surface area contributed by atoms with Gasteiger partial charge in [0.25, 0.3) is 0 Å². The number of hydrogen-bond donors (Lipinski definition) is 0. The molecule has 0 atom stereocenters. The third-order valence-electron chi connectivity index (χ3n) is 11.1. The third kappa shape index (κ3) is 10.2. The van der Waals surface area contributed by atoms with Gasteiger partial charge in [-0.25, -0.2) is 19.2 Å². The number of nitrogens with zero attached hydrogens (tertiary/aromatic N) is 2. The van der Waals surface area contributed by atoms with Gasteiger partial charge in [-0.15, -0.1) is 0 Å². The van der Waals surface area contributed by atoms with Gasteiger partial charge in [-0.05, 0) is 117 Å². The van der Waals surface area contributed by atoms with Gasteiger partial charge in [0.15, 0.2) is 0 Å². The van der Waals surface area contributed by atoms with E-state index in [2.05, 4.69) is 86.4 Å². The molecule has 0 aromatic heterocycles. The zero-order valence-electron chi connectivity index (χ0n) is 36.3. The molecular weight excluding hydrogens is 817 g/mol. The van der Waals surface area contributed by atoms with Crippen LogP contribution >= 0.6 is 0 Å². The van der Waals surface area contributed by atoms with Crippen LogP contribution in [-0.4, -0.2) is 23.9 Å². The highest BCUT2D eigenvalue weighted by molar-refractivity contribution is 5.89. The summed E-state index contributed by atoms with van der Waals surface area (Å²) in [5.41, 5.74) is 12.8. The number of esters is 4. The number of carbonyl (C=O) groups excluding carboxylic acids is 4. The number of fused-ring (bicyclic) bond motifs is 3. The first-order chi connectivity index (χ1) is 31.4. The Morgan fingerprint density at radius 1 is 0.400 bits per heavy atom. The van der Waals surface area contributed by atoms with Crippen LogP contribution in [0, 0.1) is 0 Å². The van der Waals surface area contributed by atoms with E-state index in [1.807, 2.05) is 97.1 Å². The van der Waals surface area contributed by atoms with Gasteiger partial charge >= 0.3 is 23.9 Å². The van der Waals surface area contributed by atoms with E-state index in [4.69, 9.17) is 18.9 Å². The average molecular weight is 865 g/mol. The third-order valence-corrected chi connectivity index (χ3v) is 11.1. The molecule has 0 spiro atoms. The normalized spacial score (nSPS) is 11.8. The van der Waals surface area contributed by atoms with Crippen LogP contribution in [0.3, 0.4) is 0 Å². The molecule has 1 aliphatic rings. The van der Waals surface area contributed by atoms with E-state index in [9.17, 15) is 19.2 Å². The number of carbonyl (C=O) groups is 4.